The topological polar surface area (TPSA) is 76.1 Å². The second-order valence-corrected chi connectivity index (χ2v) is 9.93. The number of hydrogen-bond acceptors (Lipinski definition) is 4. The van der Waals surface area contributed by atoms with Gasteiger partial charge in [0.2, 0.25) is 5.91 Å². The van der Waals surface area contributed by atoms with Crippen molar-refractivity contribution in [1.29, 1.82) is 0 Å². The Morgan fingerprint density at radius 1 is 1.11 bits per heavy atom. The molecule has 3 aromatic rings. The highest BCUT2D eigenvalue weighted by Crippen LogP contribution is 2.40. The molecule has 2 aliphatic heterocycles. The highest BCUT2D eigenvalue weighted by molar-refractivity contribution is 5.81. The molecule has 0 fully saturated rings. The summed E-state index contributed by atoms with van der Waals surface area (Å²) in [6, 6.07) is 16.2. The lowest BCUT2D eigenvalue weighted by molar-refractivity contribution is -0.136. The third-order valence-electron chi connectivity index (χ3n) is 6.98. The van der Waals surface area contributed by atoms with E-state index in [4.69, 9.17) is 9.47 Å². The summed E-state index contributed by atoms with van der Waals surface area (Å²) in [6.07, 6.45) is 0.504. The van der Waals surface area contributed by atoms with E-state index in [1.807, 2.05) is 38.1 Å². The lowest BCUT2D eigenvalue weighted by atomic mass is 9.89. The Labute approximate surface area is 215 Å². The fourth-order valence-electron chi connectivity index (χ4n) is 5.26. The first kappa shape index (κ1) is 24.8. The second kappa shape index (κ2) is 10.2. The van der Waals surface area contributed by atoms with Crippen LogP contribution in [0, 0.1) is 5.82 Å². The average Bonchev–Trinajstić information content (AvgIpc) is 3.27. The monoisotopic (exact) mass is 503 g/mol. The zero-order valence-electron chi connectivity index (χ0n) is 21.0. The van der Waals surface area contributed by atoms with Crippen LogP contribution in [-0.4, -0.2) is 41.1 Å². The predicted octanol–water partition coefficient (Wildman–Crippen LogP) is 5.36. The molecule has 192 valence electrons. The van der Waals surface area contributed by atoms with Gasteiger partial charge in [-0.2, -0.15) is 0 Å². The summed E-state index contributed by atoms with van der Waals surface area (Å²) in [5, 5.41) is 9.31. The largest absolute Gasteiger partial charge is 0.493 e. The minimum Gasteiger partial charge on any atom is -0.493 e. The van der Waals surface area contributed by atoms with E-state index in [9.17, 15) is 19.1 Å². The molecule has 0 saturated heterocycles. The summed E-state index contributed by atoms with van der Waals surface area (Å²) in [5.74, 6) is 0.199. The number of halogens is 1. The number of carbonyl (C=O) groups is 2. The van der Waals surface area contributed by atoms with Gasteiger partial charge in [0.1, 0.15) is 17.3 Å². The van der Waals surface area contributed by atoms with Crippen LogP contribution in [0.15, 0.2) is 54.6 Å². The number of fused-ring (bicyclic) bond motifs is 2. The van der Waals surface area contributed by atoms with Crippen LogP contribution in [-0.2, 0) is 29.0 Å². The van der Waals surface area contributed by atoms with Crippen molar-refractivity contribution in [3.8, 4) is 22.6 Å². The summed E-state index contributed by atoms with van der Waals surface area (Å²) in [4.78, 5) is 26.5. The maximum absolute atomic E-state index is 14.9. The van der Waals surface area contributed by atoms with Gasteiger partial charge in [0.25, 0.3) is 0 Å². The molecule has 0 bridgehead atoms. The van der Waals surface area contributed by atoms with Crippen LogP contribution in [0.4, 0.5) is 4.39 Å². The first-order valence-corrected chi connectivity index (χ1v) is 12.6. The number of ether oxygens (including phenoxy) is 2. The minimum atomic E-state index is -0.932. The molecule has 1 unspecified atom stereocenters. The number of para-hydroxylation sites is 1. The Balaban J connectivity index is 1.47. The minimum absolute atomic E-state index is 0.00387. The zero-order valence-corrected chi connectivity index (χ0v) is 21.0. The lowest BCUT2D eigenvalue weighted by Crippen LogP contribution is -2.37. The van der Waals surface area contributed by atoms with Crippen LogP contribution in [0.1, 0.15) is 48.4 Å². The Bertz CT molecular complexity index is 1350. The molecule has 1 atom stereocenters. The van der Waals surface area contributed by atoms with Gasteiger partial charge in [-0.3, -0.25) is 9.59 Å². The van der Waals surface area contributed by atoms with Crippen LogP contribution < -0.4 is 9.47 Å². The maximum Gasteiger partial charge on any atom is 0.307 e. The number of amides is 1. The van der Waals surface area contributed by atoms with Crippen molar-refractivity contribution >= 4 is 11.9 Å². The number of benzene rings is 3. The first-order chi connectivity index (χ1) is 17.8. The van der Waals surface area contributed by atoms with E-state index in [1.165, 1.54) is 6.07 Å². The molecule has 0 aromatic heterocycles. The number of aliphatic carboxylic acids is 1. The van der Waals surface area contributed by atoms with E-state index in [2.05, 4.69) is 0 Å². The first-order valence-electron chi connectivity index (χ1n) is 12.6. The number of rotatable bonds is 7. The standard InChI is InChI=1S/C30H30FNO5/c1-18(2)37-28-10-7-19(14-30(34)35)13-24(28)22-8-9-26(31)23-11-12-32(16-25(22)23)29(33)15-20-17-36-27-6-4-3-5-21(20)27/h3-10,13,18,20H,11-12,14-17H2,1-2H3,(H,34,35). The Kier molecular flexibility index (Phi) is 6.87. The fourth-order valence-corrected chi connectivity index (χ4v) is 5.26. The third-order valence-corrected chi connectivity index (χ3v) is 6.98. The van der Waals surface area contributed by atoms with E-state index >= 15 is 0 Å². The van der Waals surface area contributed by atoms with Gasteiger partial charge < -0.3 is 19.5 Å². The molecule has 1 N–H and O–H groups in total. The van der Waals surface area contributed by atoms with E-state index < -0.39 is 5.97 Å². The molecule has 1 amide bonds. The molecule has 0 aliphatic carbocycles. The van der Waals surface area contributed by atoms with Gasteiger partial charge in [0.05, 0.1) is 19.1 Å². The normalized spacial score (nSPS) is 16.2. The van der Waals surface area contributed by atoms with Gasteiger partial charge in [0.15, 0.2) is 0 Å². The fraction of sp³-hybridized carbons (Fsp3) is 0.333. The van der Waals surface area contributed by atoms with Crippen LogP contribution in [0.2, 0.25) is 0 Å². The molecule has 6 nitrogen and oxygen atoms in total. The van der Waals surface area contributed by atoms with Crippen molar-refractivity contribution in [1.82, 2.24) is 4.90 Å². The molecule has 2 aliphatic rings. The summed E-state index contributed by atoms with van der Waals surface area (Å²) >= 11 is 0. The van der Waals surface area contributed by atoms with E-state index in [0.717, 1.165) is 22.4 Å². The van der Waals surface area contributed by atoms with Crippen LogP contribution in [0.3, 0.4) is 0 Å². The van der Waals surface area contributed by atoms with Gasteiger partial charge in [-0.1, -0.05) is 30.3 Å². The summed E-state index contributed by atoms with van der Waals surface area (Å²) < 4.78 is 26.7. The smallest absolute Gasteiger partial charge is 0.307 e. The molecule has 0 radical (unpaired) electrons. The van der Waals surface area contributed by atoms with Gasteiger partial charge in [-0.05, 0) is 66.8 Å². The summed E-state index contributed by atoms with van der Waals surface area (Å²) in [6.45, 7) is 5.03. The van der Waals surface area contributed by atoms with Crippen molar-refractivity contribution in [3.63, 3.8) is 0 Å². The zero-order chi connectivity index (χ0) is 26.1. The Morgan fingerprint density at radius 2 is 1.92 bits per heavy atom. The highest BCUT2D eigenvalue weighted by atomic mass is 19.1. The number of nitrogens with zero attached hydrogens (tertiary/aromatic N) is 1. The Hall–Kier alpha value is -3.87. The number of carboxylic acids is 1. The molecule has 0 saturated carbocycles. The van der Waals surface area contributed by atoms with Crippen molar-refractivity contribution in [2.45, 2.75) is 51.7 Å². The van der Waals surface area contributed by atoms with Gasteiger partial charge in [-0.15, -0.1) is 0 Å². The molecule has 37 heavy (non-hydrogen) atoms. The van der Waals surface area contributed by atoms with Crippen LogP contribution in [0.5, 0.6) is 11.5 Å². The van der Waals surface area contributed by atoms with Crippen molar-refractivity contribution < 1.29 is 28.6 Å². The third kappa shape index (κ3) is 5.17. The Morgan fingerprint density at radius 3 is 2.70 bits per heavy atom. The quantitative estimate of drug-likeness (QED) is 0.470. The van der Waals surface area contributed by atoms with Crippen molar-refractivity contribution in [2.24, 2.45) is 0 Å². The van der Waals surface area contributed by atoms with Crippen LogP contribution in [0.25, 0.3) is 11.1 Å². The van der Waals surface area contributed by atoms with E-state index in [1.54, 1.807) is 29.2 Å². The van der Waals surface area contributed by atoms with Crippen molar-refractivity contribution in [2.75, 3.05) is 13.2 Å². The van der Waals surface area contributed by atoms with Gasteiger partial charge in [-0.25, -0.2) is 4.39 Å². The van der Waals surface area contributed by atoms with Crippen LogP contribution >= 0.6 is 0 Å². The molecule has 5 rings (SSSR count). The molecule has 2 heterocycles. The number of hydrogen-bond donors (Lipinski definition) is 1. The molecular weight excluding hydrogens is 473 g/mol. The van der Waals surface area contributed by atoms with Crippen molar-refractivity contribution in [3.05, 3.63) is 82.7 Å². The van der Waals surface area contributed by atoms with Gasteiger partial charge >= 0.3 is 5.97 Å². The van der Waals surface area contributed by atoms with E-state index in [0.29, 0.717) is 48.4 Å². The molecule has 7 heteroatoms. The van der Waals surface area contributed by atoms with Gasteiger partial charge in [0, 0.05) is 36.6 Å². The lowest BCUT2D eigenvalue weighted by Gasteiger charge is -2.32. The summed E-state index contributed by atoms with van der Waals surface area (Å²) in [5.41, 5.74) is 4.47. The van der Waals surface area contributed by atoms with E-state index in [-0.39, 0.29) is 36.7 Å². The molecular formula is C30H30FNO5. The predicted molar refractivity (Wildman–Crippen MR) is 137 cm³/mol. The second-order valence-electron chi connectivity index (χ2n) is 9.93. The average molecular weight is 504 g/mol. The maximum atomic E-state index is 14.9. The number of carbonyl (C=O) groups excluding carboxylic acids is 1. The SMILES string of the molecule is CC(C)Oc1ccc(CC(=O)O)cc1-c1ccc(F)c2c1CN(C(=O)CC1COc3ccccc31)CC2. The molecule has 0 spiro atoms. The highest BCUT2D eigenvalue weighted by Gasteiger charge is 2.31. The summed E-state index contributed by atoms with van der Waals surface area (Å²) in [7, 11) is 0. The number of carboxylic acid groups (broad SMARTS) is 1. The molecule has 3 aromatic carbocycles.